The number of esters is 2. The number of nitrogens with two attached hydrogens (primary N) is 1. The zero-order valence-electron chi connectivity index (χ0n) is 25.4. The number of methoxy groups -OCH3 is 1. The molecule has 242 valence electrons. The van der Waals surface area contributed by atoms with Gasteiger partial charge in [0.1, 0.15) is 29.0 Å². The second kappa shape index (κ2) is 13.9. The van der Waals surface area contributed by atoms with Crippen molar-refractivity contribution in [1.29, 1.82) is 0 Å². The first kappa shape index (κ1) is 34.4. The highest BCUT2D eigenvalue weighted by atomic mass is 127. The summed E-state index contributed by atoms with van der Waals surface area (Å²) in [6.45, 7) is 8.00. The van der Waals surface area contributed by atoms with Gasteiger partial charge in [0.2, 0.25) is 23.0 Å². The number of benzene rings is 1. The summed E-state index contributed by atoms with van der Waals surface area (Å²) in [6.07, 6.45) is 0.180. The molecule has 0 saturated carbocycles. The third-order valence-corrected chi connectivity index (χ3v) is 9.04. The van der Waals surface area contributed by atoms with E-state index in [0.29, 0.717) is 11.3 Å². The number of halogens is 1. The summed E-state index contributed by atoms with van der Waals surface area (Å²) in [6, 6.07) is 7.03. The second-order valence-electron chi connectivity index (χ2n) is 11.3. The van der Waals surface area contributed by atoms with E-state index in [1.807, 2.05) is 0 Å². The topological polar surface area (TPSA) is 185 Å². The highest BCUT2D eigenvalue weighted by Crippen LogP contribution is 2.44. The first-order chi connectivity index (χ1) is 21.1. The van der Waals surface area contributed by atoms with Crippen LogP contribution in [0.1, 0.15) is 52.4 Å². The van der Waals surface area contributed by atoms with Crippen LogP contribution in [0.25, 0.3) is 0 Å². The van der Waals surface area contributed by atoms with Crippen LogP contribution in [0.2, 0.25) is 0 Å². The van der Waals surface area contributed by atoms with E-state index in [9.17, 15) is 19.2 Å². The van der Waals surface area contributed by atoms with Gasteiger partial charge < -0.3 is 30.1 Å². The van der Waals surface area contributed by atoms with Gasteiger partial charge in [-0.25, -0.2) is 9.59 Å². The molecule has 4 rings (SSSR count). The minimum Gasteiger partial charge on any atom is -0.497 e. The van der Waals surface area contributed by atoms with Gasteiger partial charge in [-0.15, -0.1) is 11.8 Å². The minimum atomic E-state index is -1.57. The first-order valence-electron chi connectivity index (χ1n) is 13.6. The molecule has 2 unspecified atom stereocenters. The van der Waals surface area contributed by atoms with E-state index in [4.69, 9.17) is 24.8 Å². The van der Waals surface area contributed by atoms with Crippen LogP contribution in [0.5, 0.6) is 5.75 Å². The molecule has 2 amide bonds. The Morgan fingerprint density at radius 3 is 2.42 bits per heavy atom. The number of alkyl halides is 1. The highest BCUT2D eigenvalue weighted by molar-refractivity contribution is 14.1. The molecule has 0 aliphatic carbocycles. The van der Waals surface area contributed by atoms with Crippen LogP contribution < -0.4 is 15.8 Å². The molecule has 1 saturated heterocycles. The van der Waals surface area contributed by atoms with Crippen molar-refractivity contribution in [3.05, 3.63) is 46.9 Å². The number of thioether (sulfide) groups is 1. The third-order valence-electron chi connectivity index (χ3n) is 6.31. The van der Waals surface area contributed by atoms with Crippen LogP contribution in [-0.4, -0.2) is 77.2 Å². The number of carbonyl (C=O) groups excluding carboxylic acids is 4. The molecule has 17 heteroatoms. The molecule has 1 fully saturated rings. The number of ether oxygens (including phenoxy) is 3. The van der Waals surface area contributed by atoms with E-state index in [2.05, 4.69) is 42.4 Å². The monoisotopic (exact) mass is 772 g/mol. The standard InChI is InChI=1S/C28H33IN6O8S2/c1-27(2,3)42-25(39)28(4,5)43-33-19(21-31-26(30)45-34-21)22(37)32-23-16(12-29)20(35-17(36)11-18(35)44-23)24(38)41-13-14-7-9-15(40-6)10-8-14/h7-10,18,23H,11-13H2,1-6H3,(H,32,37)(H2,30,31,34)/b33-19-. The predicted octanol–water partition coefficient (Wildman–Crippen LogP) is 3.15. The maximum absolute atomic E-state index is 13.7. The molecule has 3 heterocycles. The summed E-state index contributed by atoms with van der Waals surface area (Å²) >= 11 is 4.21. The van der Waals surface area contributed by atoms with Gasteiger partial charge in [0.25, 0.3) is 5.91 Å². The lowest BCUT2D eigenvalue weighted by molar-refractivity contribution is -0.179. The zero-order chi connectivity index (χ0) is 33.1. The second-order valence-corrected chi connectivity index (χ2v) is 14.2. The molecule has 3 N–H and O–H groups in total. The first-order valence-corrected chi connectivity index (χ1v) is 16.8. The number of nitrogens with zero attached hydrogens (tertiary/aromatic N) is 4. The number of hydrogen-bond acceptors (Lipinski definition) is 14. The number of carbonyl (C=O) groups is 4. The molecule has 2 atom stereocenters. The summed E-state index contributed by atoms with van der Waals surface area (Å²) in [5.41, 5.74) is 4.36. The van der Waals surface area contributed by atoms with Crippen LogP contribution in [0.3, 0.4) is 0 Å². The Morgan fingerprint density at radius 1 is 1.18 bits per heavy atom. The van der Waals surface area contributed by atoms with Gasteiger partial charge >= 0.3 is 11.9 Å². The fraction of sp³-hybridized carbons (Fsp3) is 0.464. The molecule has 0 bridgehead atoms. The Hall–Kier alpha value is -3.45. The number of anilines is 1. The summed E-state index contributed by atoms with van der Waals surface area (Å²) < 4.78 is 20.6. The van der Waals surface area contributed by atoms with Gasteiger partial charge in [0, 0.05) is 21.5 Å². The highest BCUT2D eigenvalue weighted by Gasteiger charge is 2.49. The van der Waals surface area contributed by atoms with Crippen LogP contribution >= 0.6 is 45.9 Å². The van der Waals surface area contributed by atoms with Crippen LogP contribution in [0.4, 0.5) is 5.13 Å². The Labute approximate surface area is 281 Å². The van der Waals surface area contributed by atoms with E-state index in [-0.39, 0.29) is 45.7 Å². The molecular formula is C28H33IN6O8S2. The molecular weight excluding hydrogens is 739 g/mol. The number of hydrogen-bond donors (Lipinski definition) is 2. The summed E-state index contributed by atoms with van der Waals surface area (Å²) in [5.74, 6) is -1.82. The predicted molar refractivity (Wildman–Crippen MR) is 175 cm³/mol. The number of oxime groups is 1. The van der Waals surface area contributed by atoms with Crippen LogP contribution in [-0.2, 0) is 40.1 Å². The van der Waals surface area contributed by atoms with Crippen molar-refractivity contribution in [1.82, 2.24) is 19.6 Å². The molecule has 1 aromatic carbocycles. The van der Waals surface area contributed by atoms with Crippen molar-refractivity contribution >= 4 is 80.5 Å². The van der Waals surface area contributed by atoms with Crippen molar-refractivity contribution in [2.45, 2.75) is 69.6 Å². The van der Waals surface area contributed by atoms with E-state index >= 15 is 0 Å². The average molecular weight is 773 g/mol. The SMILES string of the molecule is COc1ccc(COC(=O)C2=C(CI)C(NC(=O)/C(=N\OC(C)(C)C(=O)OC(C)(C)C)c3nsc(N)n3)SC3CC(=O)N23)cc1. The van der Waals surface area contributed by atoms with Crippen molar-refractivity contribution in [3.63, 3.8) is 0 Å². The number of nitrogens with one attached hydrogen (secondary N) is 1. The Kier molecular flexibility index (Phi) is 10.6. The van der Waals surface area contributed by atoms with E-state index in [1.54, 1.807) is 52.1 Å². The van der Waals surface area contributed by atoms with Gasteiger partial charge in [-0.05, 0) is 52.3 Å². The van der Waals surface area contributed by atoms with Gasteiger partial charge in [-0.2, -0.15) is 9.36 Å². The van der Waals surface area contributed by atoms with Crippen LogP contribution in [0.15, 0.2) is 40.7 Å². The summed E-state index contributed by atoms with van der Waals surface area (Å²) in [7, 11) is 1.55. The smallest absolute Gasteiger partial charge is 0.355 e. The zero-order valence-corrected chi connectivity index (χ0v) is 29.2. The van der Waals surface area contributed by atoms with E-state index in [0.717, 1.165) is 17.1 Å². The van der Waals surface area contributed by atoms with Crippen molar-refractivity contribution in [2.75, 3.05) is 17.3 Å². The molecule has 45 heavy (non-hydrogen) atoms. The molecule has 14 nitrogen and oxygen atoms in total. The van der Waals surface area contributed by atoms with Gasteiger partial charge in [-0.3, -0.25) is 14.5 Å². The van der Waals surface area contributed by atoms with E-state index in [1.165, 1.54) is 30.5 Å². The number of fused-ring (bicyclic) bond motifs is 1. The minimum absolute atomic E-state index is 0.0315. The number of rotatable bonds is 11. The molecule has 0 spiro atoms. The Bertz CT molecular complexity index is 1540. The van der Waals surface area contributed by atoms with Gasteiger partial charge in [-0.1, -0.05) is 39.9 Å². The number of amides is 2. The molecule has 2 aromatic rings. The van der Waals surface area contributed by atoms with Gasteiger partial charge in [0.05, 0.1) is 18.9 Å². The fourth-order valence-electron chi connectivity index (χ4n) is 4.01. The van der Waals surface area contributed by atoms with Crippen molar-refractivity contribution in [2.24, 2.45) is 5.16 Å². The Balaban J connectivity index is 1.59. The number of nitrogen functional groups attached to an aromatic ring is 1. The van der Waals surface area contributed by atoms with Gasteiger partial charge in [0.15, 0.2) is 5.13 Å². The molecule has 0 radical (unpaired) electrons. The van der Waals surface area contributed by atoms with Crippen LogP contribution in [0, 0.1) is 0 Å². The van der Waals surface area contributed by atoms with Crippen molar-refractivity contribution in [3.8, 4) is 5.75 Å². The largest absolute Gasteiger partial charge is 0.497 e. The normalized spacial score (nSPS) is 18.5. The maximum atomic E-state index is 13.7. The lowest BCUT2D eigenvalue weighted by Crippen LogP contribution is -2.58. The summed E-state index contributed by atoms with van der Waals surface area (Å²) in [5, 5.41) is 5.78. The number of aromatic nitrogens is 2. The summed E-state index contributed by atoms with van der Waals surface area (Å²) in [4.78, 5) is 63.4. The Morgan fingerprint density at radius 2 is 1.87 bits per heavy atom. The molecule has 2 aliphatic heterocycles. The number of β-lactam (4-membered cyclic amide) rings is 1. The molecule has 2 aliphatic rings. The maximum Gasteiger partial charge on any atom is 0.355 e. The van der Waals surface area contributed by atoms with E-state index < -0.39 is 39.8 Å². The fourth-order valence-corrected chi connectivity index (χ4v) is 6.97. The quantitative estimate of drug-likeness (QED) is 0.0851. The third kappa shape index (κ3) is 8.23. The average Bonchev–Trinajstić information content (AvgIpc) is 3.40. The lowest BCUT2D eigenvalue weighted by atomic mass is 10.1. The molecule has 1 aromatic heterocycles. The van der Waals surface area contributed by atoms with Crippen molar-refractivity contribution < 1.29 is 38.2 Å². The lowest BCUT2D eigenvalue weighted by Gasteiger charge is -2.46.